The van der Waals surface area contributed by atoms with E-state index in [2.05, 4.69) is 21.5 Å². The third-order valence-electron chi connectivity index (χ3n) is 3.12. The van der Waals surface area contributed by atoms with Crippen molar-refractivity contribution in [3.05, 3.63) is 42.7 Å². The molecule has 1 aromatic carbocycles. The van der Waals surface area contributed by atoms with Crippen LogP contribution in [0.5, 0.6) is 5.75 Å². The summed E-state index contributed by atoms with van der Waals surface area (Å²) in [5, 5.41) is 8.21. The molecule has 1 heterocycles. The van der Waals surface area contributed by atoms with Gasteiger partial charge in [0, 0.05) is 19.0 Å². The molecule has 2 rings (SSSR count). The van der Waals surface area contributed by atoms with E-state index in [9.17, 15) is 13.2 Å². The zero-order chi connectivity index (χ0) is 16.2. The number of alkyl halides is 3. The molecule has 22 heavy (non-hydrogen) atoms. The van der Waals surface area contributed by atoms with E-state index >= 15 is 0 Å². The Morgan fingerprint density at radius 2 is 1.91 bits per heavy atom. The molecule has 0 atom stereocenters. The fourth-order valence-electron chi connectivity index (χ4n) is 2.04. The number of rotatable bonds is 6. The normalized spacial score (nSPS) is 11.5. The summed E-state index contributed by atoms with van der Waals surface area (Å²) in [6.07, 6.45) is -0.258. The molecule has 0 unspecified atom stereocenters. The lowest BCUT2D eigenvalue weighted by atomic mass is 10.2. The standard InChI is InChI=1S/C15H16F3N3O/c1-3-4-5-6-13-19-20-14(21(13)2)11-7-9-12(10-8-11)22-15(16,17)18/h3,7-10H,1,4-6H2,2H3. The lowest BCUT2D eigenvalue weighted by molar-refractivity contribution is -0.274. The minimum absolute atomic E-state index is 0.260. The second-order valence-electron chi connectivity index (χ2n) is 4.75. The molecule has 0 aliphatic rings. The van der Waals surface area contributed by atoms with Crippen LogP contribution in [0.4, 0.5) is 13.2 Å². The van der Waals surface area contributed by atoms with Crippen LogP contribution in [0.1, 0.15) is 18.7 Å². The van der Waals surface area contributed by atoms with Gasteiger partial charge < -0.3 is 9.30 Å². The van der Waals surface area contributed by atoms with Crippen LogP contribution in [-0.2, 0) is 13.5 Å². The first-order valence-electron chi connectivity index (χ1n) is 6.76. The Kier molecular flexibility index (Phi) is 4.85. The minimum atomic E-state index is -4.69. The van der Waals surface area contributed by atoms with E-state index in [1.165, 1.54) is 24.3 Å². The average molecular weight is 311 g/mol. The van der Waals surface area contributed by atoms with Crippen molar-refractivity contribution in [2.45, 2.75) is 25.6 Å². The van der Waals surface area contributed by atoms with E-state index in [-0.39, 0.29) is 5.75 Å². The summed E-state index contributed by atoms with van der Waals surface area (Å²) in [5.41, 5.74) is 0.680. The van der Waals surface area contributed by atoms with Crippen molar-refractivity contribution in [2.24, 2.45) is 7.05 Å². The molecule has 0 spiro atoms. The first kappa shape index (κ1) is 16.1. The number of hydrogen-bond donors (Lipinski definition) is 0. The Labute approximate surface area is 126 Å². The molecule has 4 nitrogen and oxygen atoms in total. The van der Waals surface area contributed by atoms with Gasteiger partial charge in [-0.2, -0.15) is 0 Å². The number of nitrogens with zero attached hydrogens (tertiary/aromatic N) is 3. The summed E-state index contributed by atoms with van der Waals surface area (Å²) in [6, 6.07) is 5.57. The monoisotopic (exact) mass is 311 g/mol. The molecule has 0 aliphatic heterocycles. The predicted octanol–water partition coefficient (Wildman–Crippen LogP) is 3.89. The van der Waals surface area contributed by atoms with Crippen molar-refractivity contribution < 1.29 is 17.9 Å². The number of unbranched alkanes of at least 4 members (excludes halogenated alkanes) is 1. The van der Waals surface area contributed by atoms with Crippen LogP contribution < -0.4 is 4.74 Å². The quantitative estimate of drug-likeness (QED) is 0.600. The minimum Gasteiger partial charge on any atom is -0.406 e. The third kappa shape index (κ3) is 4.09. The fraction of sp³-hybridized carbons (Fsp3) is 0.333. The lowest BCUT2D eigenvalue weighted by Gasteiger charge is -2.09. The Morgan fingerprint density at radius 3 is 2.50 bits per heavy atom. The van der Waals surface area contributed by atoms with Gasteiger partial charge in [-0.15, -0.1) is 29.9 Å². The molecule has 1 aromatic heterocycles. The highest BCUT2D eigenvalue weighted by atomic mass is 19.4. The van der Waals surface area contributed by atoms with Gasteiger partial charge in [-0.25, -0.2) is 0 Å². The van der Waals surface area contributed by atoms with E-state index in [1.54, 1.807) is 0 Å². The largest absolute Gasteiger partial charge is 0.573 e. The van der Waals surface area contributed by atoms with Crippen LogP contribution in [0.3, 0.4) is 0 Å². The van der Waals surface area contributed by atoms with E-state index in [0.29, 0.717) is 11.4 Å². The first-order valence-corrected chi connectivity index (χ1v) is 6.76. The van der Waals surface area contributed by atoms with Gasteiger partial charge in [0.05, 0.1) is 0 Å². The maximum absolute atomic E-state index is 12.1. The molecule has 0 fully saturated rings. The van der Waals surface area contributed by atoms with Gasteiger partial charge in [-0.05, 0) is 37.1 Å². The Bertz CT molecular complexity index is 632. The molecule has 0 N–H and O–H groups in total. The topological polar surface area (TPSA) is 39.9 Å². The number of aryl methyl sites for hydroxylation is 1. The number of benzene rings is 1. The van der Waals surface area contributed by atoms with Crippen molar-refractivity contribution in [2.75, 3.05) is 0 Å². The maximum atomic E-state index is 12.1. The van der Waals surface area contributed by atoms with Crippen molar-refractivity contribution in [3.8, 4) is 17.1 Å². The second-order valence-corrected chi connectivity index (χ2v) is 4.75. The van der Waals surface area contributed by atoms with Crippen LogP contribution in [0.15, 0.2) is 36.9 Å². The molecule has 0 bridgehead atoms. The van der Waals surface area contributed by atoms with Gasteiger partial charge in [-0.1, -0.05) is 6.08 Å². The van der Waals surface area contributed by atoms with Gasteiger partial charge in [0.1, 0.15) is 11.6 Å². The molecular weight excluding hydrogens is 295 g/mol. The number of aromatic nitrogens is 3. The van der Waals surface area contributed by atoms with E-state index in [1.807, 2.05) is 17.7 Å². The molecule has 2 aromatic rings. The zero-order valence-electron chi connectivity index (χ0n) is 12.1. The molecular formula is C15H16F3N3O. The van der Waals surface area contributed by atoms with Gasteiger partial charge in [0.15, 0.2) is 5.82 Å². The highest BCUT2D eigenvalue weighted by molar-refractivity contribution is 5.56. The summed E-state index contributed by atoms with van der Waals surface area (Å²) in [4.78, 5) is 0. The van der Waals surface area contributed by atoms with Gasteiger partial charge >= 0.3 is 6.36 Å². The summed E-state index contributed by atoms with van der Waals surface area (Å²) in [5.74, 6) is 1.17. The first-order chi connectivity index (χ1) is 10.4. The third-order valence-corrected chi connectivity index (χ3v) is 3.12. The SMILES string of the molecule is C=CCCCc1nnc(-c2ccc(OC(F)(F)F)cc2)n1C. The summed E-state index contributed by atoms with van der Waals surface area (Å²) < 4.78 is 42.0. The van der Waals surface area contributed by atoms with Crippen LogP contribution in [0, 0.1) is 0 Å². The molecule has 7 heteroatoms. The van der Waals surface area contributed by atoms with Gasteiger partial charge in [0.25, 0.3) is 0 Å². The molecule has 0 amide bonds. The molecule has 0 saturated heterocycles. The van der Waals surface area contributed by atoms with Crippen molar-refractivity contribution in [1.82, 2.24) is 14.8 Å². The second kappa shape index (κ2) is 6.64. The number of hydrogen-bond acceptors (Lipinski definition) is 3. The van der Waals surface area contributed by atoms with Crippen LogP contribution in [0.25, 0.3) is 11.4 Å². The van der Waals surface area contributed by atoms with Crippen LogP contribution >= 0.6 is 0 Å². The Balaban J connectivity index is 2.13. The molecule has 118 valence electrons. The highest BCUT2D eigenvalue weighted by Crippen LogP contribution is 2.25. The number of halogens is 3. The van der Waals surface area contributed by atoms with E-state index in [0.717, 1.165) is 25.1 Å². The molecule has 0 aliphatic carbocycles. The summed E-state index contributed by atoms with van der Waals surface area (Å²) in [6.45, 7) is 3.67. The predicted molar refractivity (Wildman–Crippen MR) is 76.3 cm³/mol. The smallest absolute Gasteiger partial charge is 0.406 e. The van der Waals surface area contributed by atoms with Crippen LogP contribution in [-0.4, -0.2) is 21.1 Å². The number of allylic oxidation sites excluding steroid dienone is 1. The van der Waals surface area contributed by atoms with Gasteiger partial charge in [-0.3, -0.25) is 0 Å². The van der Waals surface area contributed by atoms with Crippen molar-refractivity contribution >= 4 is 0 Å². The summed E-state index contributed by atoms with van der Waals surface area (Å²) >= 11 is 0. The lowest BCUT2D eigenvalue weighted by Crippen LogP contribution is -2.16. The summed E-state index contributed by atoms with van der Waals surface area (Å²) in [7, 11) is 1.83. The zero-order valence-corrected chi connectivity index (χ0v) is 12.1. The van der Waals surface area contributed by atoms with E-state index in [4.69, 9.17) is 0 Å². The van der Waals surface area contributed by atoms with E-state index < -0.39 is 6.36 Å². The molecule has 0 saturated carbocycles. The Hall–Kier alpha value is -2.31. The van der Waals surface area contributed by atoms with Crippen molar-refractivity contribution in [3.63, 3.8) is 0 Å². The maximum Gasteiger partial charge on any atom is 0.573 e. The van der Waals surface area contributed by atoms with Crippen LogP contribution in [0.2, 0.25) is 0 Å². The van der Waals surface area contributed by atoms with Gasteiger partial charge in [0.2, 0.25) is 0 Å². The highest BCUT2D eigenvalue weighted by Gasteiger charge is 2.31. The fourth-order valence-corrected chi connectivity index (χ4v) is 2.04. The van der Waals surface area contributed by atoms with Crippen molar-refractivity contribution in [1.29, 1.82) is 0 Å². The number of ether oxygens (including phenoxy) is 1. The Morgan fingerprint density at radius 1 is 1.23 bits per heavy atom. The average Bonchev–Trinajstić information content (AvgIpc) is 2.80. The molecule has 0 radical (unpaired) electrons.